The highest BCUT2D eigenvalue weighted by molar-refractivity contribution is 4.76. The second-order valence-electron chi connectivity index (χ2n) is 3.17. The van der Waals surface area contributed by atoms with Crippen molar-refractivity contribution in [3.63, 3.8) is 0 Å². The molecular weight excluding hydrogens is 202 g/mol. The number of alkyl halides is 4. The summed E-state index contributed by atoms with van der Waals surface area (Å²) in [6, 6.07) is -0.398. The number of hydrogen-bond acceptors (Lipinski definition) is 2. The van der Waals surface area contributed by atoms with Crippen molar-refractivity contribution in [1.82, 2.24) is 5.32 Å². The fourth-order valence-corrected chi connectivity index (χ4v) is 0.744. The molecular formula is C8H15F4NO. The van der Waals surface area contributed by atoms with Gasteiger partial charge >= 0.3 is 12.3 Å². The lowest BCUT2D eigenvalue weighted by Gasteiger charge is -2.23. The maximum absolute atomic E-state index is 12.4. The molecule has 0 aliphatic carbocycles. The van der Waals surface area contributed by atoms with Crippen molar-refractivity contribution >= 4 is 0 Å². The van der Waals surface area contributed by atoms with E-state index < -0.39 is 24.9 Å². The highest BCUT2D eigenvalue weighted by Crippen LogP contribution is 2.21. The third kappa shape index (κ3) is 4.23. The average molecular weight is 217 g/mol. The second kappa shape index (κ2) is 5.50. The van der Waals surface area contributed by atoms with Gasteiger partial charge in [-0.2, -0.15) is 8.78 Å². The van der Waals surface area contributed by atoms with Crippen molar-refractivity contribution in [3.8, 4) is 0 Å². The lowest BCUT2D eigenvalue weighted by atomic mass is 10.2. The van der Waals surface area contributed by atoms with Crippen LogP contribution in [-0.2, 0) is 4.74 Å². The summed E-state index contributed by atoms with van der Waals surface area (Å²) >= 11 is 0. The molecule has 0 bridgehead atoms. The summed E-state index contributed by atoms with van der Waals surface area (Å²) in [6.07, 6.45) is -3.94. The highest BCUT2D eigenvalue weighted by atomic mass is 19.3. The van der Waals surface area contributed by atoms with Crippen LogP contribution in [0.4, 0.5) is 17.6 Å². The van der Waals surface area contributed by atoms with E-state index >= 15 is 0 Å². The van der Waals surface area contributed by atoms with Crippen molar-refractivity contribution in [2.75, 3.05) is 13.7 Å². The van der Waals surface area contributed by atoms with Gasteiger partial charge in [0.15, 0.2) is 0 Å². The van der Waals surface area contributed by atoms with Crippen molar-refractivity contribution in [1.29, 1.82) is 0 Å². The van der Waals surface area contributed by atoms with Crippen LogP contribution in [0.2, 0.25) is 0 Å². The molecule has 0 saturated carbocycles. The summed E-state index contributed by atoms with van der Waals surface area (Å²) in [4.78, 5) is 0. The SMILES string of the molecule is COC(C)C(C)NCC(F)(F)C(F)F. The summed E-state index contributed by atoms with van der Waals surface area (Å²) in [5, 5.41) is 2.30. The Labute approximate surface area is 80.6 Å². The lowest BCUT2D eigenvalue weighted by Crippen LogP contribution is -2.46. The van der Waals surface area contributed by atoms with Crippen molar-refractivity contribution in [2.24, 2.45) is 0 Å². The van der Waals surface area contributed by atoms with Gasteiger partial charge in [0.05, 0.1) is 12.6 Å². The molecule has 0 aliphatic rings. The predicted molar refractivity (Wildman–Crippen MR) is 44.9 cm³/mol. The predicted octanol–water partition coefficient (Wildman–Crippen LogP) is 1.90. The second-order valence-corrected chi connectivity index (χ2v) is 3.17. The summed E-state index contributed by atoms with van der Waals surface area (Å²) in [5.41, 5.74) is 0. The van der Waals surface area contributed by atoms with Gasteiger partial charge in [0, 0.05) is 13.2 Å². The first-order valence-electron chi connectivity index (χ1n) is 4.23. The maximum Gasteiger partial charge on any atom is 0.319 e. The van der Waals surface area contributed by atoms with Gasteiger partial charge in [-0.05, 0) is 13.8 Å². The fourth-order valence-electron chi connectivity index (χ4n) is 0.744. The molecule has 0 aromatic heterocycles. The standard InChI is InChI=1S/C8H15F4NO/c1-5(6(2)14-3)13-4-8(11,12)7(9)10/h5-7,13H,4H2,1-3H3. The lowest BCUT2D eigenvalue weighted by molar-refractivity contribution is -0.127. The smallest absolute Gasteiger partial charge is 0.319 e. The summed E-state index contributed by atoms with van der Waals surface area (Å²) < 4.78 is 53.1. The number of rotatable bonds is 6. The Morgan fingerprint density at radius 2 is 1.79 bits per heavy atom. The molecule has 0 spiro atoms. The fraction of sp³-hybridized carbons (Fsp3) is 1.00. The van der Waals surface area contributed by atoms with E-state index in [-0.39, 0.29) is 6.10 Å². The third-order valence-electron chi connectivity index (χ3n) is 2.05. The number of nitrogens with one attached hydrogen (secondary N) is 1. The zero-order valence-corrected chi connectivity index (χ0v) is 8.36. The molecule has 1 N–H and O–H groups in total. The van der Waals surface area contributed by atoms with Crippen LogP contribution in [-0.4, -0.2) is 38.1 Å². The number of ether oxygens (including phenoxy) is 1. The molecule has 6 heteroatoms. The molecule has 0 amide bonds. The average Bonchev–Trinajstić information content (AvgIpc) is 2.12. The number of methoxy groups -OCH3 is 1. The van der Waals surface area contributed by atoms with E-state index in [1.165, 1.54) is 7.11 Å². The summed E-state index contributed by atoms with van der Waals surface area (Å²) in [6.45, 7) is 2.22. The first kappa shape index (κ1) is 13.6. The van der Waals surface area contributed by atoms with Crippen LogP contribution in [0.5, 0.6) is 0 Å². The van der Waals surface area contributed by atoms with E-state index in [0.29, 0.717) is 0 Å². The Balaban J connectivity index is 3.93. The molecule has 0 aliphatic heterocycles. The molecule has 0 fully saturated rings. The van der Waals surface area contributed by atoms with E-state index in [1.807, 2.05) is 0 Å². The zero-order chi connectivity index (χ0) is 11.4. The molecule has 14 heavy (non-hydrogen) atoms. The Bertz CT molecular complexity index is 165. The third-order valence-corrected chi connectivity index (χ3v) is 2.05. The Morgan fingerprint density at radius 3 is 2.14 bits per heavy atom. The van der Waals surface area contributed by atoms with E-state index in [4.69, 9.17) is 4.74 Å². The Hall–Kier alpha value is -0.360. The van der Waals surface area contributed by atoms with Gasteiger partial charge in [0.1, 0.15) is 0 Å². The molecule has 2 unspecified atom stereocenters. The Kier molecular flexibility index (Phi) is 5.36. The van der Waals surface area contributed by atoms with Crippen LogP contribution >= 0.6 is 0 Å². The van der Waals surface area contributed by atoms with Gasteiger partial charge in [-0.15, -0.1) is 0 Å². The van der Waals surface area contributed by atoms with Crippen LogP contribution in [0.15, 0.2) is 0 Å². The van der Waals surface area contributed by atoms with E-state index in [1.54, 1.807) is 13.8 Å². The maximum atomic E-state index is 12.4. The van der Waals surface area contributed by atoms with Gasteiger partial charge < -0.3 is 10.1 Å². The van der Waals surface area contributed by atoms with Crippen molar-refractivity contribution in [3.05, 3.63) is 0 Å². The molecule has 0 heterocycles. The first-order valence-corrected chi connectivity index (χ1v) is 4.23. The molecule has 2 nitrogen and oxygen atoms in total. The molecule has 2 atom stereocenters. The van der Waals surface area contributed by atoms with E-state index in [9.17, 15) is 17.6 Å². The first-order chi connectivity index (χ1) is 6.31. The summed E-state index contributed by atoms with van der Waals surface area (Å²) in [5.74, 6) is -3.98. The quantitative estimate of drug-likeness (QED) is 0.686. The Morgan fingerprint density at radius 1 is 1.29 bits per heavy atom. The van der Waals surface area contributed by atoms with Crippen LogP contribution in [0, 0.1) is 0 Å². The molecule has 0 saturated heterocycles. The van der Waals surface area contributed by atoms with Gasteiger partial charge in [-0.3, -0.25) is 0 Å². The topological polar surface area (TPSA) is 21.3 Å². The van der Waals surface area contributed by atoms with Gasteiger partial charge in [-0.1, -0.05) is 0 Å². The van der Waals surface area contributed by atoms with Crippen LogP contribution < -0.4 is 5.32 Å². The van der Waals surface area contributed by atoms with E-state index in [2.05, 4.69) is 5.32 Å². The van der Waals surface area contributed by atoms with Crippen molar-refractivity contribution < 1.29 is 22.3 Å². The van der Waals surface area contributed by atoms with Crippen LogP contribution in [0.25, 0.3) is 0 Å². The normalized spacial score (nSPS) is 17.1. The minimum absolute atomic E-state index is 0.302. The minimum Gasteiger partial charge on any atom is -0.380 e. The largest absolute Gasteiger partial charge is 0.380 e. The van der Waals surface area contributed by atoms with Gasteiger partial charge in [-0.25, -0.2) is 8.78 Å². The zero-order valence-electron chi connectivity index (χ0n) is 8.36. The number of hydrogen-bond donors (Lipinski definition) is 1. The minimum atomic E-state index is -3.98. The highest BCUT2D eigenvalue weighted by Gasteiger charge is 2.40. The van der Waals surface area contributed by atoms with Crippen LogP contribution in [0.3, 0.4) is 0 Å². The monoisotopic (exact) mass is 217 g/mol. The molecule has 86 valence electrons. The molecule has 0 rings (SSSR count). The number of halogens is 4. The molecule has 0 radical (unpaired) electrons. The molecule has 0 aromatic carbocycles. The van der Waals surface area contributed by atoms with Crippen molar-refractivity contribution in [2.45, 2.75) is 38.3 Å². The molecule has 0 aromatic rings. The van der Waals surface area contributed by atoms with Crippen LogP contribution in [0.1, 0.15) is 13.8 Å². The van der Waals surface area contributed by atoms with E-state index in [0.717, 1.165) is 0 Å². The van der Waals surface area contributed by atoms with Gasteiger partial charge in [0.25, 0.3) is 0 Å². The van der Waals surface area contributed by atoms with Gasteiger partial charge in [0.2, 0.25) is 0 Å². The summed E-state index contributed by atoms with van der Waals surface area (Å²) in [7, 11) is 1.42.